The van der Waals surface area contributed by atoms with Gasteiger partial charge in [-0.1, -0.05) is 11.6 Å². The topological polar surface area (TPSA) is 49.3 Å². The van der Waals surface area contributed by atoms with Crippen LogP contribution in [0.1, 0.15) is 6.92 Å². The fourth-order valence-corrected chi connectivity index (χ4v) is 1.21. The smallest absolute Gasteiger partial charge is 0.325 e. The Bertz CT molecular complexity index is 375. The van der Waals surface area contributed by atoms with E-state index < -0.39 is 23.6 Å². The number of carbonyl (C=O) groups is 1. The van der Waals surface area contributed by atoms with Crippen molar-refractivity contribution < 1.29 is 18.7 Å². The summed E-state index contributed by atoms with van der Waals surface area (Å²) < 4.78 is 25.8. The number of carboxylic acids is 1. The normalized spacial score (nSPS) is 12.3. The number of hydrogen-bond donors (Lipinski definition) is 2. The quantitative estimate of drug-likeness (QED) is 0.846. The molecule has 2 N–H and O–H groups in total. The molecule has 0 radical (unpaired) electrons. The van der Waals surface area contributed by atoms with E-state index in [2.05, 4.69) is 5.32 Å². The van der Waals surface area contributed by atoms with Crippen LogP contribution in [0, 0.1) is 11.6 Å². The summed E-state index contributed by atoms with van der Waals surface area (Å²) in [6.45, 7) is 1.32. The first-order valence-electron chi connectivity index (χ1n) is 4.05. The molecule has 1 atom stereocenters. The Labute approximate surface area is 89.7 Å². The number of nitrogens with one attached hydrogen (secondary N) is 1. The maximum atomic E-state index is 13.2. The van der Waals surface area contributed by atoms with Crippen LogP contribution in [0.25, 0.3) is 0 Å². The molecule has 1 unspecified atom stereocenters. The maximum Gasteiger partial charge on any atom is 0.325 e. The molecule has 3 nitrogen and oxygen atoms in total. The molecule has 0 aromatic heterocycles. The van der Waals surface area contributed by atoms with Crippen LogP contribution in [0.2, 0.25) is 5.02 Å². The molecule has 0 heterocycles. The highest BCUT2D eigenvalue weighted by atomic mass is 35.5. The number of carboxylic acid groups (broad SMARTS) is 1. The summed E-state index contributed by atoms with van der Waals surface area (Å²) in [6.07, 6.45) is 0. The van der Waals surface area contributed by atoms with Gasteiger partial charge in [-0.05, 0) is 13.0 Å². The predicted molar refractivity (Wildman–Crippen MR) is 52.1 cm³/mol. The zero-order chi connectivity index (χ0) is 11.6. The number of hydrogen-bond acceptors (Lipinski definition) is 2. The van der Waals surface area contributed by atoms with Crippen LogP contribution in [0.5, 0.6) is 0 Å². The van der Waals surface area contributed by atoms with Crippen LogP contribution < -0.4 is 5.32 Å². The fraction of sp³-hybridized carbons (Fsp3) is 0.222. The summed E-state index contributed by atoms with van der Waals surface area (Å²) >= 11 is 5.55. The van der Waals surface area contributed by atoms with Crippen molar-refractivity contribution >= 4 is 23.3 Å². The molecule has 6 heteroatoms. The van der Waals surface area contributed by atoms with Gasteiger partial charge in [0.25, 0.3) is 0 Å². The van der Waals surface area contributed by atoms with E-state index in [1.165, 1.54) is 6.92 Å². The van der Waals surface area contributed by atoms with Crippen molar-refractivity contribution in [2.45, 2.75) is 13.0 Å². The number of aliphatic carboxylic acids is 1. The third-order valence-electron chi connectivity index (χ3n) is 1.74. The molecule has 0 aliphatic heterocycles. The van der Waals surface area contributed by atoms with Crippen LogP contribution in [-0.2, 0) is 4.79 Å². The molecule has 1 aromatic carbocycles. The van der Waals surface area contributed by atoms with Gasteiger partial charge in [-0.25, -0.2) is 8.78 Å². The SMILES string of the molecule is CC(Nc1c(F)cc(F)cc1Cl)C(=O)O. The largest absolute Gasteiger partial charge is 0.480 e. The van der Waals surface area contributed by atoms with Gasteiger partial charge in [-0.15, -0.1) is 0 Å². The van der Waals surface area contributed by atoms with Crippen molar-refractivity contribution in [3.63, 3.8) is 0 Å². The second-order valence-electron chi connectivity index (χ2n) is 2.95. The molecule has 0 amide bonds. The highest BCUT2D eigenvalue weighted by molar-refractivity contribution is 6.33. The van der Waals surface area contributed by atoms with E-state index in [1.54, 1.807) is 0 Å². The summed E-state index contributed by atoms with van der Waals surface area (Å²) in [7, 11) is 0. The van der Waals surface area contributed by atoms with Gasteiger partial charge >= 0.3 is 5.97 Å². The molecule has 0 aliphatic carbocycles. The lowest BCUT2D eigenvalue weighted by molar-refractivity contribution is -0.137. The minimum absolute atomic E-state index is 0.194. The van der Waals surface area contributed by atoms with E-state index in [9.17, 15) is 13.6 Å². The van der Waals surface area contributed by atoms with E-state index in [0.29, 0.717) is 6.07 Å². The first-order valence-corrected chi connectivity index (χ1v) is 4.43. The Morgan fingerprint density at radius 3 is 2.60 bits per heavy atom. The van der Waals surface area contributed by atoms with Crippen LogP contribution in [0.3, 0.4) is 0 Å². The molecule has 1 rings (SSSR count). The third kappa shape index (κ3) is 2.79. The Kier molecular flexibility index (Phi) is 3.47. The highest BCUT2D eigenvalue weighted by Gasteiger charge is 2.16. The molecule has 1 aromatic rings. The van der Waals surface area contributed by atoms with Crippen molar-refractivity contribution in [3.8, 4) is 0 Å². The first kappa shape index (κ1) is 11.7. The van der Waals surface area contributed by atoms with E-state index in [1.807, 2.05) is 0 Å². The van der Waals surface area contributed by atoms with Crippen LogP contribution in [0.15, 0.2) is 12.1 Å². The van der Waals surface area contributed by atoms with Crippen LogP contribution in [0.4, 0.5) is 14.5 Å². The lowest BCUT2D eigenvalue weighted by Gasteiger charge is -2.12. The van der Waals surface area contributed by atoms with Crippen molar-refractivity contribution in [2.75, 3.05) is 5.32 Å². The van der Waals surface area contributed by atoms with Crippen LogP contribution in [-0.4, -0.2) is 17.1 Å². The molecular weight excluding hydrogens is 228 g/mol. The van der Waals surface area contributed by atoms with E-state index in [-0.39, 0.29) is 10.7 Å². The zero-order valence-corrected chi connectivity index (χ0v) is 8.48. The van der Waals surface area contributed by atoms with Gasteiger partial charge < -0.3 is 10.4 Å². The lowest BCUT2D eigenvalue weighted by atomic mass is 10.2. The third-order valence-corrected chi connectivity index (χ3v) is 2.04. The van der Waals surface area contributed by atoms with Gasteiger partial charge in [0.05, 0.1) is 10.7 Å². The van der Waals surface area contributed by atoms with Gasteiger partial charge in [-0.2, -0.15) is 0 Å². The Morgan fingerprint density at radius 1 is 1.53 bits per heavy atom. The average Bonchev–Trinajstić information content (AvgIpc) is 2.10. The number of benzene rings is 1. The van der Waals surface area contributed by atoms with E-state index >= 15 is 0 Å². The van der Waals surface area contributed by atoms with E-state index in [4.69, 9.17) is 16.7 Å². The van der Waals surface area contributed by atoms with Crippen molar-refractivity contribution in [2.24, 2.45) is 0 Å². The Morgan fingerprint density at radius 2 is 2.13 bits per heavy atom. The summed E-state index contributed by atoms with van der Waals surface area (Å²) in [5.74, 6) is -2.89. The van der Waals surface area contributed by atoms with Gasteiger partial charge in [-0.3, -0.25) is 4.79 Å². The second kappa shape index (κ2) is 4.44. The number of rotatable bonds is 3. The molecule has 0 fully saturated rings. The standard InChI is InChI=1S/C9H8ClF2NO2/c1-4(9(14)15)13-8-6(10)2-5(11)3-7(8)12/h2-4,13H,1H3,(H,14,15). The van der Waals surface area contributed by atoms with Crippen LogP contribution >= 0.6 is 11.6 Å². The number of anilines is 1. The molecule has 0 spiro atoms. The highest BCUT2D eigenvalue weighted by Crippen LogP contribution is 2.26. The number of halogens is 3. The van der Waals surface area contributed by atoms with Gasteiger partial charge in [0.1, 0.15) is 11.9 Å². The fourth-order valence-electron chi connectivity index (χ4n) is 0.958. The summed E-state index contributed by atoms with van der Waals surface area (Å²) in [6, 6.07) is 0.520. The van der Waals surface area contributed by atoms with Crippen molar-refractivity contribution in [1.82, 2.24) is 0 Å². The first-order chi connectivity index (χ1) is 6.91. The monoisotopic (exact) mass is 235 g/mol. The summed E-state index contributed by atoms with van der Waals surface area (Å²) in [4.78, 5) is 10.5. The van der Waals surface area contributed by atoms with Gasteiger partial charge in [0, 0.05) is 6.07 Å². The van der Waals surface area contributed by atoms with Gasteiger partial charge in [0.15, 0.2) is 5.82 Å². The zero-order valence-electron chi connectivity index (χ0n) is 7.72. The molecule has 15 heavy (non-hydrogen) atoms. The van der Waals surface area contributed by atoms with Gasteiger partial charge in [0.2, 0.25) is 0 Å². The Hall–Kier alpha value is -1.36. The van der Waals surface area contributed by atoms with E-state index in [0.717, 1.165) is 6.07 Å². The molecule has 82 valence electrons. The van der Waals surface area contributed by atoms with Crippen molar-refractivity contribution in [3.05, 3.63) is 28.8 Å². The second-order valence-corrected chi connectivity index (χ2v) is 3.36. The molecular formula is C9H8ClF2NO2. The molecule has 0 saturated heterocycles. The lowest BCUT2D eigenvalue weighted by Crippen LogP contribution is -2.26. The summed E-state index contributed by atoms with van der Waals surface area (Å²) in [5, 5.41) is 10.7. The van der Waals surface area contributed by atoms with Crippen molar-refractivity contribution in [1.29, 1.82) is 0 Å². The molecule has 0 bridgehead atoms. The average molecular weight is 236 g/mol. The molecule has 0 saturated carbocycles. The summed E-state index contributed by atoms with van der Waals surface area (Å²) in [5.41, 5.74) is -0.215. The Balaban J connectivity index is 3.00. The maximum absolute atomic E-state index is 13.2. The molecule has 0 aliphatic rings. The predicted octanol–water partition coefficient (Wildman–Crippen LogP) is 2.50. The minimum Gasteiger partial charge on any atom is -0.480 e. The minimum atomic E-state index is -1.16.